The van der Waals surface area contributed by atoms with Crippen molar-refractivity contribution in [1.82, 2.24) is 5.32 Å². The molecule has 0 amide bonds. The zero-order chi connectivity index (χ0) is 10.8. The van der Waals surface area contributed by atoms with Gasteiger partial charge in [-0.2, -0.15) is 0 Å². The lowest BCUT2D eigenvalue weighted by molar-refractivity contribution is 0.273. The largest absolute Gasteiger partial charge is 0.496 e. The summed E-state index contributed by atoms with van der Waals surface area (Å²) in [5.74, 6) is 0.373. The van der Waals surface area contributed by atoms with Gasteiger partial charge in [-0.1, -0.05) is 0 Å². The van der Waals surface area contributed by atoms with Crippen molar-refractivity contribution in [3.05, 3.63) is 28.6 Å². The molecular weight excluding hydrogens is 197 g/mol. The van der Waals surface area contributed by atoms with Crippen LogP contribution in [0.1, 0.15) is 16.7 Å². The van der Waals surface area contributed by atoms with E-state index in [-0.39, 0.29) is 12.4 Å². The number of aliphatic hydroxyl groups is 1. The third kappa shape index (κ3) is 1.70. The third-order valence-corrected chi connectivity index (χ3v) is 2.76. The van der Waals surface area contributed by atoms with Crippen molar-refractivity contribution in [2.45, 2.75) is 19.6 Å². The molecule has 0 atom stereocenters. The van der Waals surface area contributed by atoms with E-state index < -0.39 is 0 Å². The van der Waals surface area contributed by atoms with E-state index in [4.69, 9.17) is 9.84 Å². The normalized spacial score (nSPS) is 14.9. The molecule has 0 spiro atoms. The van der Waals surface area contributed by atoms with Crippen LogP contribution < -0.4 is 10.1 Å². The molecule has 0 radical (unpaired) electrons. The highest BCUT2D eigenvalue weighted by molar-refractivity contribution is 5.46. The van der Waals surface area contributed by atoms with E-state index >= 15 is 0 Å². The number of hydrogen-bond donors (Lipinski definition) is 2. The third-order valence-electron chi connectivity index (χ3n) is 2.76. The molecule has 3 nitrogen and oxygen atoms in total. The van der Waals surface area contributed by atoms with E-state index in [1.165, 1.54) is 0 Å². The van der Waals surface area contributed by atoms with E-state index in [1.54, 1.807) is 13.2 Å². The lowest BCUT2D eigenvalue weighted by Gasteiger charge is -2.21. The van der Waals surface area contributed by atoms with E-state index in [0.29, 0.717) is 29.8 Å². The summed E-state index contributed by atoms with van der Waals surface area (Å²) in [6, 6.07) is 1.57. The molecule has 0 bridgehead atoms. The first kappa shape index (κ1) is 10.4. The van der Waals surface area contributed by atoms with Crippen LogP contribution >= 0.6 is 0 Å². The molecule has 1 heterocycles. The van der Waals surface area contributed by atoms with Gasteiger partial charge >= 0.3 is 0 Å². The van der Waals surface area contributed by atoms with Crippen LogP contribution in [0.25, 0.3) is 0 Å². The van der Waals surface area contributed by atoms with Gasteiger partial charge in [0.05, 0.1) is 13.7 Å². The van der Waals surface area contributed by atoms with Gasteiger partial charge in [0.2, 0.25) is 0 Å². The summed E-state index contributed by atoms with van der Waals surface area (Å²) in [5.41, 5.74) is 1.86. The van der Waals surface area contributed by atoms with Crippen LogP contribution in [0.3, 0.4) is 0 Å². The Morgan fingerprint density at radius 2 is 2.33 bits per heavy atom. The zero-order valence-corrected chi connectivity index (χ0v) is 8.64. The maximum Gasteiger partial charge on any atom is 0.132 e. The number of methoxy groups -OCH3 is 1. The summed E-state index contributed by atoms with van der Waals surface area (Å²) in [6.45, 7) is 1.10. The molecule has 0 saturated carbocycles. The molecule has 2 rings (SSSR count). The number of ether oxygens (including phenoxy) is 1. The molecule has 2 N–H and O–H groups in total. The number of hydrogen-bond acceptors (Lipinski definition) is 3. The number of halogens is 1. The minimum Gasteiger partial charge on any atom is -0.496 e. The van der Waals surface area contributed by atoms with E-state index in [0.717, 1.165) is 12.1 Å². The van der Waals surface area contributed by atoms with E-state index in [1.807, 2.05) is 0 Å². The highest BCUT2D eigenvalue weighted by atomic mass is 19.1. The number of aliphatic hydroxyl groups excluding tert-OH is 1. The lowest BCUT2D eigenvalue weighted by Crippen LogP contribution is -2.25. The Morgan fingerprint density at radius 1 is 1.53 bits per heavy atom. The lowest BCUT2D eigenvalue weighted by atomic mass is 9.96. The molecule has 0 aromatic heterocycles. The summed E-state index contributed by atoms with van der Waals surface area (Å²) < 4.78 is 19.0. The predicted molar refractivity (Wildman–Crippen MR) is 54.3 cm³/mol. The van der Waals surface area contributed by atoms with Gasteiger partial charge in [0.1, 0.15) is 11.6 Å². The maximum atomic E-state index is 13.8. The quantitative estimate of drug-likeness (QED) is 0.766. The van der Waals surface area contributed by atoms with Crippen molar-refractivity contribution in [1.29, 1.82) is 0 Å². The molecule has 0 saturated heterocycles. The van der Waals surface area contributed by atoms with Crippen LogP contribution in [0.15, 0.2) is 6.07 Å². The second-order valence-electron chi connectivity index (χ2n) is 3.59. The van der Waals surface area contributed by atoms with Crippen LogP contribution in [0.4, 0.5) is 4.39 Å². The van der Waals surface area contributed by atoms with Crippen LogP contribution in [0.5, 0.6) is 5.75 Å². The van der Waals surface area contributed by atoms with Crippen molar-refractivity contribution >= 4 is 0 Å². The van der Waals surface area contributed by atoms with Crippen LogP contribution in [-0.4, -0.2) is 18.8 Å². The standard InChI is InChI=1S/C11H14FNO2/c1-15-10-4-7(6-14)11(12)8-2-3-13-5-9(8)10/h4,13-14H,2-3,5-6H2,1H3. The molecule has 0 aliphatic carbocycles. The van der Waals surface area contributed by atoms with Gasteiger partial charge in [0.25, 0.3) is 0 Å². The topological polar surface area (TPSA) is 41.5 Å². The van der Waals surface area contributed by atoms with Crippen molar-refractivity contribution in [3.8, 4) is 5.75 Å². The Bertz CT molecular complexity index is 379. The monoisotopic (exact) mass is 211 g/mol. The first-order valence-corrected chi connectivity index (χ1v) is 4.96. The average Bonchev–Trinajstić information content (AvgIpc) is 2.30. The number of fused-ring (bicyclic) bond motifs is 1. The second kappa shape index (κ2) is 4.16. The average molecular weight is 211 g/mol. The summed E-state index contributed by atoms with van der Waals surface area (Å²) in [6.07, 6.45) is 0.644. The van der Waals surface area contributed by atoms with Gasteiger partial charge in [-0.3, -0.25) is 0 Å². The van der Waals surface area contributed by atoms with Crippen LogP contribution in [0, 0.1) is 5.82 Å². The molecule has 0 unspecified atom stereocenters. The Kier molecular flexibility index (Phi) is 2.88. The van der Waals surface area contributed by atoms with Crippen LogP contribution in [-0.2, 0) is 19.6 Å². The molecule has 1 aliphatic rings. The summed E-state index contributed by atoms with van der Waals surface area (Å²) in [5, 5.41) is 12.2. The van der Waals surface area contributed by atoms with E-state index in [9.17, 15) is 4.39 Å². The molecule has 1 aromatic carbocycles. The molecule has 15 heavy (non-hydrogen) atoms. The van der Waals surface area contributed by atoms with Gasteiger partial charge in [0.15, 0.2) is 0 Å². The fourth-order valence-electron chi connectivity index (χ4n) is 1.96. The molecule has 0 fully saturated rings. The molecule has 82 valence electrons. The van der Waals surface area contributed by atoms with E-state index in [2.05, 4.69) is 5.32 Å². The smallest absolute Gasteiger partial charge is 0.132 e. The minimum atomic E-state index is -0.289. The summed E-state index contributed by atoms with van der Waals surface area (Å²) >= 11 is 0. The van der Waals surface area contributed by atoms with Crippen molar-refractivity contribution in [2.24, 2.45) is 0 Å². The molecule has 1 aromatic rings. The maximum absolute atomic E-state index is 13.8. The Hall–Kier alpha value is -1.13. The molecule has 1 aliphatic heterocycles. The van der Waals surface area contributed by atoms with Crippen molar-refractivity contribution < 1.29 is 14.2 Å². The number of nitrogens with one attached hydrogen (secondary N) is 1. The van der Waals surface area contributed by atoms with Crippen molar-refractivity contribution in [2.75, 3.05) is 13.7 Å². The van der Waals surface area contributed by atoms with Crippen molar-refractivity contribution in [3.63, 3.8) is 0 Å². The van der Waals surface area contributed by atoms with Gasteiger partial charge in [-0.05, 0) is 24.6 Å². The fourth-order valence-corrected chi connectivity index (χ4v) is 1.96. The minimum absolute atomic E-state index is 0.283. The highest BCUT2D eigenvalue weighted by Gasteiger charge is 2.20. The van der Waals surface area contributed by atoms with Gasteiger partial charge in [-0.25, -0.2) is 4.39 Å². The Morgan fingerprint density at radius 3 is 3.00 bits per heavy atom. The first-order chi connectivity index (χ1) is 7.27. The second-order valence-corrected chi connectivity index (χ2v) is 3.59. The van der Waals surface area contributed by atoms with Gasteiger partial charge in [0, 0.05) is 17.7 Å². The number of rotatable bonds is 2. The number of benzene rings is 1. The highest BCUT2D eigenvalue weighted by Crippen LogP contribution is 2.30. The van der Waals surface area contributed by atoms with Gasteiger partial charge in [-0.15, -0.1) is 0 Å². The fraction of sp³-hybridized carbons (Fsp3) is 0.455. The molecular formula is C11H14FNO2. The molecule has 4 heteroatoms. The summed E-state index contributed by atoms with van der Waals surface area (Å²) in [7, 11) is 1.56. The van der Waals surface area contributed by atoms with Crippen LogP contribution in [0.2, 0.25) is 0 Å². The first-order valence-electron chi connectivity index (χ1n) is 4.96. The Labute approximate surface area is 87.9 Å². The summed E-state index contributed by atoms with van der Waals surface area (Å²) in [4.78, 5) is 0. The zero-order valence-electron chi connectivity index (χ0n) is 8.64. The predicted octanol–water partition coefficient (Wildman–Crippen LogP) is 0.972. The Balaban J connectivity index is 2.58. The SMILES string of the molecule is COc1cc(CO)c(F)c2c1CNCC2. The van der Waals surface area contributed by atoms with Gasteiger partial charge < -0.3 is 15.2 Å².